The standard InChI is InChI=1S/C22H23N3O5S/c1-2-3-4-5-16-6-8-18(9-7-16)30-19-10-12-20(13-11-19)31(28,29)25-22-23-14-17(15-24-22)21(26)27/h6-15H,2-5H2,1H3,(H,26,27)(H,23,24,25). The molecule has 0 aliphatic carbocycles. The van der Waals surface area contributed by atoms with Crippen LogP contribution in [0, 0.1) is 0 Å². The van der Waals surface area contributed by atoms with Crippen molar-refractivity contribution in [2.24, 2.45) is 0 Å². The second kappa shape index (κ2) is 10.0. The number of ether oxygens (including phenoxy) is 1. The summed E-state index contributed by atoms with van der Waals surface area (Å²) in [6.07, 6.45) is 6.65. The molecule has 0 bridgehead atoms. The number of aromatic carboxylic acids is 1. The summed E-state index contributed by atoms with van der Waals surface area (Å²) in [6, 6.07) is 13.8. The van der Waals surface area contributed by atoms with Crippen LogP contribution in [0.4, 0.5) is 5.95 Å². The van der Waals surface area contributed by atoms with Gasteiger partial charge in [0.2, 0.25) is 5.95 Å². The predicted molar refractivity (Wildman–Crippen MR) is 116 cm³/mol. The number of hydrogen-bond donors (Lipinski definition) is 2. The minimum atomic E-state index is -3.93. The highest BCUT2D eigenvalue weighted by molar-refractivity contribution is 7.92. The van der Waals surface area contributed by atoms with Gasteiger partial charge in [0.1, 0.15) is 11.5 Å². The largest absolute Gasteiger partial charge is 0.478 e. The van der Waals surface area contributed by atoms with Crippen molar-refractivity contribution in [3.8, 4) is 11.5 Å². The minimum absolute atomic E-state index is 0.00275. The Morgan fingerprint density at radius 3 is 2.10 bits per heavy atom. The Hall–Kier alpha value is -3.46. The molecule has 2 N–H and O–H groups in total. The van der Waals surface area contributed by atoms with Gasteiger partial charge < -0.3 is 9.84 Å². The molecule has 0 unspecified atom stereocenters. The van der Waals surface area contributed by atoms with Gasteiger partial charge in [0.05, 0.1) is 10.5 Å². The third-order valence-electron chi connectivity index (χ3n) is 4.49. The van der Waals surface area contributed by atoms with E-state index in [0.717, 1.165) is 25.2 Å². The molecule has 162 valence electrons. The fourth-order valence-electron chi connectivity index (χ4n) is 2.80. The highest BCUT2D eigenvalue weighted by Crippen LogP contribution is 2.24. The highest BCUT2D eigenvalue weighted by Gasteiger charge is 2.16. The first-order chi connectivity index (χ1) is 14.9. The second-order valence-electron chi connectivity index (χ2n) is 6.88. The third-order valence-corrected chi connectivity index (χ3v) is 5.83. The average molecular weight is 442 g/mol. The molecule has 0 aliphatic heterocycles. The summed E-state index contributed by atoms with van der Waals surface area (Å²) in [5.41, 5.74) is 1.12. The van der Waals surface area contributed by atoms with Crippen molar-refractivity contribution in [3.63, 3.8) is 0 Å². The number of carbonyl (C=O) groups is 1. The van der Waals surface area contributed by atoms with Crippen molar-refractivity contribution in [1.29, 1.82) is 0 Å². The number of nitrogens with one attached hydrogen (secondary N) is 1. The number of aromatic nitrogens is 2. The Kier molecular flexibility index (Phi) is 7.19. The zero-order chi connectivity index (χ0) is 22.3. The topological polar surface area (TPSA) is 118 Å². The lowest BCUT2D eigenvalue weighted by molar-refractivity contribution is 0.0696. The van der Waals surface area contributed by atoms with Gasteiger partial charge in [0.25, 0.3) is 10.0 Å². The Labute approximate surface area is 181 Å². The SMILES string of the molecule is CCCCCc1ccc(Oc2ccc(S(=O)(=O)Nc3ncc(C(=O)O)cn3)cc2)cc1. The lowest BCUT2D eigenvalue weighted by Gasteiger charge is -2.09. The second-order valence-corrected chi connectivity index (χ2v) is 8.56. The van der Waals surface area contributed by atoms with Crippen LogP contribution >= 0.6 is 0 Å². The lowest BCUT2D eigenvalue weighted by Crippen LogP contribution is -2.15. The van der Waals surface area contributed by atoms with Gasteiger partial charge in [-0.15, -0.1) is 0 Å². The van der Waals surface area contributed by atoms with Gasteiger partial charge in [-0.3, -0.25) is 0 Å². The first-order valence-electron chi connectivity index (χ1n) is 9.82. The van der Waals surface area contributed by atoms with Gasteiger partial charge in [-0.1, -0.05) is 31.9 Å². The van der Waals surface area contributed by atoms with E-state index in [1.165, 1.54) is 30.5 Å². The van der Waals surface area contributed by atoms with Gasteiger partial charge in [-0.2, -0.15) is 0 Å². The molecule has 0 aliphatic rings. The smallest absolute Gasteiger partial charge is 0.338 e. The summed E-state index contributed by atoms with van der Waals surface area (Å²) < 4.78 is 33.0. The highest BCUT2D eigenvalue weighted by atomic mass is 32.2. The van der Waals surface area contributed by atoms with Crippen LogP contribution in [0.5, 0.6) is 11.5 Å². The molecule has 0 saturated heterocycles. The fourth-order valence-corrected chi connectivity index (χ4v) is 3.75. The Bertz CT molecular complexity index is 1110. The molecular formula is C22H23N3O5S. The van der Waals surface area contributed by atoms with Crippen molar-refractivity contribution in [3.05, 3.63) is 72.1 Å². The summed E-state index contributed by atoms with van der Waals surface area (Å²) in [4.78, 5) is 18.2. The molecule has 1 aromatic heterocycles. The minimum Gasteiger partial charge on any atom is -0.478 e. The molecule has 2 aromatic carbocycles. The van der Waals surface area contributed by atoms with E-state index >= 15 is 0 Å². The van der Waals surface area contributed by atoms with Crippen molar-refractivity contribution in [1.82, 2.24) is 9.97 Å². The summed E-state index contributed by atoms with van der Waals surface area (Å²) in [5, 5.41) is 8.84. The zero-order valence-electron chi connectivity index (χ0n) is 17.0. The van der Waals surface area contributed by atoms with E-state index in [9.17, 15) is 13.2 Å². The van der Waals surface area contributed by atoms with Crippen LogP contribution in [0.25, 0.3) is 0 Å². The number of hydrogen-bond acceptors (Lipinski definition) is 6. The predicted octanol–water partition coefficient (Wildman–Crippen LogP) is 4.50. The summed E-state index contributed by atoms with van der Waals surface area (Å²) in [6.45, 7) is 2.18. The Balaban J connectivity index is 1.62. The molecular weight excluding hydrogens is 418 g/mol. The number of nitrogens with zero attached hydrogens (tertiary/aromatic N) is 2. The molecule has 0 fully saturated rings. The molecule has 0 saturated carbocycles. The first-order valence-corrected chi connectivity index (χ1v) is 11.3. The van der Waals surface area contributed by atoms with Crippen molar-refractivity contribution >= 4 is 21.9 Å². The summed E-state index contributed by atoms with van der Waals surface area (Å²) in [7, 11) is -3.93. The van der Waals surface area contributed by atoms with Gasteiger partial charge in [-0.25, -0.2) is 27.9 Å². The lowest BCUT2D eigenvalue weighted by atomic mass is 10.1. The van der Waals surface area contributed by atoms with Gasteiger partial charge in [-0.05, 0) is 54.8 Å². The van der Waals surface area contributed by atoms with Crippen LogP contribution in [0.1, 0.15) is 42.1 Å². The number of anilines is 1. The number of carboxylic acids is 1. The van der Waals surface area contributed by atoms with Gasteiger partial charge >= 0.3 is 5.97 Å². The molecule has 3 rings (SSSR count). The number of benzene rings is 2. The number of carboxylic acid groups (broad SMARTS) is 1. The van der Waals surface area contributed by atoms with Gasteiger partial charge in [0, 0.05) is 12.4 Å². The van der Waals surface area contributed by atoms with E-state index in [1.807, 2.05) is 24.3 Å². The zero-order valence-corrected chi connectivity index (χ0v) is 17.8. The Morgan fingerprint density at radius 2 is 1.55 bits per heavy atom. The number of unbranched alkanes of at least 4 members (excludes halogenated alkanes) is 2. The number of aryl methyl sites for hydroxylation is 1. The average Bonchev–Trinajstić information content (AvgIpc) is 2.76. The van der Waals surface area contributed by atoms with E-state index < -0.39 is 16.0 Å². The molecule has 0 radical (unpaired) electrons. The number of rotatable bonds is 10. The van der Waals surface area contributed by atoms with E-state index in [0.29, 0.717) is 11.5 Å². The van der Waals surface area contributed by atoms with E-state index in [-0.39, 0.29) is 16.4 Å². The molecule has 8 nitrogen and oxygen atoms in total. The van der Waals surface area contributed by atoms with Crippen molar-refractivity contribution in [2.75, 3.05) is 4.72 Å². The fraction of sp³-hybridized carbons (Fsp3) is 0.227. The molecule has 0 spiro atoms. The molecule has 31 heavy (non-hydrogen) atoms. The van der Waals surface area contributed by atoms with Gasteiger partial charge in [0.15, 0.2) is 0 Å². The quantitative estimate of drug-likeness (QED) is 0.445. The summed E-state index contributed by atoms with van der Waals surface area (Å²) in [5.74, 6) is -0.250. The maximum atomic E-state index is 12.5. The van der Waals surface area contributed by atoms with Crippen LogP contribution < -0.4 is 9.46 Å². The van der Waals surface area contributed by atoms with Crippen LogP contribution in [-0.2, 0) is 16.4 Å². The normalized spacial score (nSPS) is 11.1. The summed E-state index contributed by atoms with van der Waals surface area (Å²) >= 11 is 0. The number of sulfonamides is 1. The van der Waals surface area contributed by atoms with E-state index in [2.05, 4.69) is 21.6 Å². The molecule has 1 heterocycles. The van der Waals surface area contributed by atoms with Crippen molar-refractivity contribution in [2.45, 2.75) is 37.5 Å². The van der Waals surface area contributed by atoms with Crippen molar-refractivity contribution < 1.29 is 23.1 Å². The monoisotopic (exact) mass is 441 g/mol. The molecule has 9 heteroatoms. The van der Waals surface area contributed by atoms with Crippen LogP contribution in [-0.4, -0.2) is 29.5 Å². The maximum Gasteiger partial charge on any atom is 0.338 e. The maximum absolute atomic E-state index is 12.5. The van der Waals surface area contributed by atoms with Crippen LogP contribution in [0.15, 0.2) is 65.8 Å². The van der Waals surface area contributed by atoms with Crippen LogP contribution in [0.2, 0.25) is 0 Å². The van der Waals surface area contributed by atoms with E-state index in [4.69, 9.17) is 9.84 Å². The molecule has 0 atom stereocenters. The van der Waals surface area contributed by atoms with Crippen LogP contribution in [0.3, 0.4) is 0 Å². The van der Waals surface area contributed by atoms with E-state index in [1.54, 1.807) is 12.1 Å². The first kappa shape index (κ1) is 22.2. The molecule has 0 amide bonds. The Morgan fingerprint density at radius 1 is 0.968 bits per heavy atom. The third kappa shape index (κ3) is 6.26. The molecule has 3 aromatic rings.